The second kappa shape index (κ2) is 10.4. The molecule has 0 spiro atoms. The number of aromatic nitrogens is 1. The molecular weight excluding hydrogens is 444 g/mol. The quantitative estimate of drug-likeness (QED) is 0.285. The normalized spacial score (nSPS) is 17.1. The predicted molar refractivity (Wildman–Crippen MR) is 132 cm³/mol. The van der Waals surface area contributed by atoms with Crippen LogP contribution in [0.15, 0.2) is 78.6 Å². The molecule has 1 aromatic heterocycles. The average Bonchev–Trinajstić information content (AvgIpc) is 3.10. The fourth-order valence-corrected chi connectivity index (χ4v) is 4.11. The number of ether oxygens (including phenoxy) is 2. The van der Waals surface area contributed by atoms with Gasteiger partial charge in [0.2, 0.25) is 0 Å². The molecule has 0 bridgehead atoms. The van der Waals surface area contributed by atoms with Gasteiger partial charge in [-0.1, -0.05) is 18.2 Å². The van der Waals surface area contributed by atoms with Crippen molar-refractivity contribution in [2.75, 3.05) is 6.61 Å². The topological polar surface area (TPSA) is 89.0 Å². The summed E-state index contributed by atoms with van der Waals surface area (Å²) in [4.78, 5) is 32.0. The summed E-state index contributed by atoms with van der Waals surface area (Å²) in [7, 11) is 0. The minimum atomic E-state index is -0.769. The van der Waals surface area contributed by atoms with Crippen LogP contribution in [0, 0.1) is 0 Å². The number of carbonyl (C=O) groups excluding carboxylic acids is 2. The predicted octanol–water partition coefficient (Wildman–Crippen LogP) is 4.89. The van der Waals surface area contributed by atoms with Crippen molar-refractivity contribution in [1.82, 2.24) is 9.88 Å². The van der Waals surface area contributed by atoms with E-state index in [1.54, 1.807) is 54.9 Å². The minimum Gasteiger partial charge on any atom is -0.507 e. The first-order valence-corrected chi connectivity index (χ1v) is 11.6. The molecule has 2 aromatic carbocycles. The Kier molecular flexibility index (Phi) is 7.15. The molecule has 35 heavy (non-hydrogen) atoms. The molecule has 180 valence electrons. The summed E-state index contributed by atoms with van der Waals surface area (Å²) in [5.74, 6) is -0.299. The SMILES string of the molecule is CCOc1ccc(/C(O)=C2\C(=O)C(=O)N(Cc3cccnc3)[C@@H]2c2ccc(OC(C)C)cc2)cc1. The number of hydrogen-bond donors (Lipinski definition) is 1. The third kappa shape index (κ3) is 5.19. The molecule has 2 heterocycles. The number of benzene rings is 2. The van der Waals surface area contributed by atoms with Gasteiger partial charge in [0.05, 0.1) is 24.3 Å². The van der Waals surface area contributed by atoms with E-state index >= 15 is 0 Å². The molecule has 7 nitrogen and oxygen atoms in total. The Hall–Kier alpha value is -4.13. The Balaban J connectivity index is 1.79. The number of aliphatic hydroxyl groups is 1. The highest BCUT2D eigenvalue weighted by Crippen LogP contribution is 2.40. The smallest absolute Gasteiger partial charge is 0.295 e. The summed E-state index contributed by atoms with van der Waals surface area (Å²) < 4.78 is 11.2. The van der Waals surface area contributed by atoms with Crippen molar-refractivity contribution in [3.8, 4) is 11.5 Å². The number of Topliss-reactive ketones (excluding diaryl/α,β-unsaturated/α-hetero) is 1. The van der Waals surface area contributed by atoms with Crippen LogP contribution < -0.4 is 9.47 Å². The second-order valence-corrected chi connectivity index (χ2v) is 8.48. The van der Waals surface area contributed by atoms with Crippen LogP contribution in [0.2, 0.25) is 0 Å². The van der Waals surface area contributed by atoms with Gasteiger partial charge in [-0.15, -0.1) is 0 Å². The first-order chi connectivity index (χ1) is 16.9. The lowest BCUT2D eigenvalue weighted by Gasteiger charge is -2.25. The fourth-order valence-electron chi connectivity index (χ4n) is 4.11. The first-order valence-electron chi connectivity index (χ1n) is 11.6. The van der Waals surface area contributed by atoms with Crippen LogP contribution in [0.1, 0.15) is 43.5 Å². The second-order valence-electron chi connectivity index (χ2n) is 8.48. The molecule has 0 radical (unpaired) electrons. The van der Waals surface area contributed by atoms with Gasteiger partial charge >= 0.3 is 0 Å². The summed E-state index contributed by atoms with van der Waals surface area (Å²) in [6.07, 6.45) is 3.31. The van der Waals surface area contributed by atoms with Crippen molar-refractivity contribution in [2.45, 2.75) is 39.5 Å². The summed E-state index contributed by atoms with van der Waals surface area (Å²) in [6, 6.07) is 16.9. The van der Waals surface area contributed by atoms with Gasteiger partial charge in [-0.25, -0.2) is 0 Å². The number of pyridine rings is 1. The van der Waals surface area contributed by atoms with E-state index in [0.717, 1.165) is 5.56 Å². The van der Waals surface area contributed by atoms with Crippen LogP contribution in [0.4, 0.5) is 0 Å². The van der Waals surface area contributed by atoms with E-state index in [-0.39, 0.29) is 24.0 Å². The zero-order valence-corrected chi connectivity index (χ0v) is 20.0. The van der Waals surface area contributed by atoms with E-state index in [2.05, 4.69) is 4.98 Å². The Morgan fingerprint density at radius 1 is 1.03 bits per heavy atom. The van der Waals surface area contributed by atoms with Gasteiger partial charge in [-0.3, -0.25) is 14.6 Å². The number of aliphatic hydroxyl groups excluding tert-OH is 1. The molecule has 0 saturated carbocycles. The van der Waals surface area contributed by atoms with Gasteiger partial charge in [-0.05, 0) is 74.4 Å². The van der Waals surface area contributed by atoms with Gasteiger partial charge in [0.15, 0.2) is 0 Å². The number of ketones is 1. The molecule has 4 rings (SSSR count). The zero-order valence-electron chi connectivity index (χ0n) is 20.0. The third-order valence-electron chi connectivity index (χ3n) is 5.62. The van der Waals surface area contributed by atoms with Crippen LogP contribution >= 0.6 is 0 Å². The monoisotopic (exact) mass is 472 g/mol. The highest BCUT2D eigenvalue weighted by Gasteiger charge is 2.46. The Labute approximate surface area is 204 Å². The van der Waals surface area contributed by atoms with E-state index in [9.17, 15) is 14.7 Å². The van der Waals surface area contributed by atoms with Crippen LogP contribution in [0.3, 0.4) is 0 Å². The molecule has 7 heteroatoms. The molecule has 1 atom stereocenters. The number of amides is 1. The number of hydrogen-bond acceptors (Lipinski definition) is 6. The molecule has 1 aliphatic rings. The maximum Gasteiger partial charge on any atom is 0.295 e. The molecule has 1 amide bonds. The standard InChI is InChI=1S/C28H28N2O5/c1-4-34-22-11-9-21(10-12-22)26(31)24-25(20-7-13-23(14-8-20)35-18(2)3)30(28(33)27(24)32)17-19-6-5-15-29-16-19/h5-16,18,25,31H,4,17H2,1-3H3/b26-24+/t25-/m1/s1. The lowest BCUT2D eigenvalue weighted by molar-refractivity contribution is -0.140. The lowest BCUT2D eigenvalue weighted by Crippen LogP contribution is -2.29. The third-order valence-corrected chi connectivity index (χ3v) is 5.62. The van der Waals surface area contributed by atoms with Crippen molar-refractivity contribution in [2.24, 2.45) is 0 Å². The molecule has 3 aromatic rings. The van der Waals surface area contributed by atoms with Crippen molar-refractivity contribution in [3.63, 3.8) is 0 Å². The molecule has 1 saturated heterocycles. The molecule has 0 aliphatic carbocycles. The molecular formula is C28H28N2O5. The molecule has 1 N–H and O–H groups in total. The van der Waals surface area contributed by atoms with Crippen LogP contribution in [0.5, 0.6) is 11.5 Å². The summed E-state index contributed by atoms with van der Waals surface area (Å²) in [5.41, 5.74) is 1.94. The molecule has 0 unspecified atom stereocenters. The Morgan fingerprint density at radius 2 is 1.71 bits per heavy atom. The Morgan fingerprint density at radius 3 is 2.31 bits per heavy atom. The van der Waals surface area contributed by atoms with Gasteiger partial charge in [-0.2, -0.15) is 0 Å². The maximum atomic E-state index is 13.2. The first kappa shape index (κ1) is 24.0. The average molecular weight is 473 g/mol. The van der Waals surface area contributed by atoms with E-state index < -0.39 is 17.7 Å². The van der Waals surface area contributed by atoms with Crippen molar-refractivity contribution in [3.05, 3.63) is 95.3 Å². The van der Waals surface area contributed by atoms with E-state index in [0.29, 0.717) is 29.2 Å². The summed E-state index contributed by atoms with van der Waals surface area (Å²) >= 11 is 0. The van der Waals surface area contributed by atoms with Crippen LogP contribution in [0.25, 0.3) is 5.76 Å². The van der Waals surface area contributed by atoms with E-state index in [1.165, 1.54) is 4.90 Å². The van der Waals surface area contributed by atoms with Crippen molar-refractivity contribution >= 4 is 17.4 Å². The van der Waals surface area contributed by atoms with Crippen LogP contribution in [-0.2, 0) is 16.1 Å². The number of nitrogens with zero attached hydrogens (tertiary/aromatic N) is 2. The highest BCUT2D eigenvalue weighted by atomic mass is 16.5. The van der Waals surface area contributed by atoms with Gasteiger partial charge < -0.3 is 19.5 Å². The van der Waals surface area contributed by atoms with Crippen molar-refractivity contribution in [1.29, 1.82) is 0 Å². The van der Waals surface area contributed by atoms with E-state index in [4.69, 9.17) is 9.47 Å². The van der Waals surface area contributed by atoms with Gasteiger partial charge in [0, 0.05) is 24.5 Å². The largest absolute Gasteiger partial charge is 0.507 e. The van der Waals surface area contributed by atoms with Gasteiger partial charge in [0.25, 0.3) is 11.7 Å². The number of rotatable bonds is 8. The maximum absolute atomic E-state index is 13.2. The highest BCUT2D eigenvalue weighted by molar-refractivity contribution is 6.46. The minimum absolute atomic E-state index is 0.0109. The Bertz CT molecular complexity index is 1220. The summed E-state index contributed by atoms with van der Waals surface area (Å²) in [6.45, 7) is 6.45. The van der Waals surface area contributed by atoms with E-state index in [1.807, 2.05) is 39.0 Å². The van der Waals surface area contributed by atoms with Crippen molar-refractivity contribution < 1.29 is 24.2 Å². The summed E-state index contributed by atoms with van der Waals surface area (Å²) in [5, 5.41) is 11.2. The fraction of sp³-hybridized carbons (Fsp3) is 0.250. The lowest BCUT2D eigenvalue weighted by atomic mass is 9.95. The number of likely N-dealkylation sites (tertiary alicyclic amines) is 1. The zero-order chi connectivity index (χ0) is 24.9. The molecule has 1 fully saturated rings. The van der Waals surface area contributed by atoms with Gasteiger partial charge in [0.1, 0.15) is 17.3 Å². The van der Waals surface area contributed by atoms with Crippen LogP contribution in [-0.4, -0.2) is 39.4 Å². The number of carbonyl (C=O) groups is 2. The molecule has 1 aliphatic heterocycles.